The summed E-state index contributed by atoms with van der Waals surface area (Å²) in [6.45, 7) is 4.02. The van der Waals surface area contributed by atoms with E-state index in [1.54, 1.807) is 9.80 Å². The Labute approximate surface area is 116 Å². The summed E-state index contributed by atoms with van der Waals surface area (Å²) in [4.78, 5) is 49.5. The molecule has 0 aromatic rings. The van der Waals surface area contributed by atoms with Gasteiger partial charge in [0.15, 0.2) is 0 Å². The first-order valence-corrected chi connectivity index (χ1v) is 6.50. The predicted molar refractivity (Wildman–Crippen MR) is 68.1 cm³/mol. The molecule has 2 heterocycles. The predicted octanol–water partition coefficient (Wildman–Crippen LogP) is -1.97. The van der Waals surface area contributed by atoms with Gasteiger partial charge in [0, 0.05) is 0 Å². The molecule has 0 aliphatic carbocycles. The van der Waals surface area contributed by atoms with Gasteiger partial charge in [-0.05, 0) is 13.3 Å². The summed E-state index contributed by atoms with van der Waals surface area (Å²) < 4.78 is 0. The summed E-state index contributed by atoms with van der Waals surface area (Å²) in [7, 11) is 0. The molecule has 2 saturated heterocycles. The highest BCUT2D eigenvalue weighted by Gasteiger charge is 2.43. The van der Waals surface area contributed by atoms with E-state index in [2.05, 4.69) is 10.6 Å². The fraction of sp³-hybridized carbons (Fsp3) is 0.667. The molecule has 4 amide bonds. The van der Waals surface area contributed by atoms with Crippen LogP contribution in [-0.2, 0) is 19.2 Å². The molecule has 0 saturated carbocycles. The highest BCUT2D eigenvalue weighted by atomic mass is 16.2. The molecule has 20 heavy (non-hydrogen) atoms. The van der Waals surface area contributed by atoms with Crippen molar-refractivity contribution in [3.8, 4) is 0 Å². The number of carbonyl (C=O) groups is 4. The SMILES string of the molecule is CCC(C)(N1CC(=O)NC(=O)C1)N1CC(=O)NC(=O)C1. The molecular weight excluding hydrogens is 264 g/mol. The number of carbonyl (C=O) groups excluding carboxylic acids is 4. The molecule has 0 atom stereocenters. The molecular formula is C12H18N4O4. The van der Waals surface area contributed by atoms with Gasteiger partial charge in [-0.25, -0.2) is 0 Å². The van der Waals surface area contributed by atoms with Crippen LogP contribution in [0, 0.1) is 0 Å². The zero-order valence-electron chi connectivity index (χ0n) is 11.6. The van der Waals surface area contributed by atoms with Gasteiger partial charge >= 0.3 is 0 Å². The lowest BCUT2D eigenvalue weighted by Gasteiger charge is -2.49. The van der Waals surface area contributed by atoms with Crippen molar-refractivity contribution in [1.29, 1.82) is 0 Å². The van der Waals surface area contributed by atoms with Gasteiger partial charge in [0.2, 0.25) is 23.6 Å². The van der Waals surface area contributed by atoms with Crippen LogP contribution in [0.1, 0.15) is 20.3 Å². The van der Waals surface area contributed by atoms with Crippen molar-refractivity contribution in [2.45, 2.75) is 25.9 Å². The van der Waals surface area contributed by atoms with Gasteiger partial charge in [-0.3, -0.25) is 39.6 Å². The Morgan fingerprint density at radius 1 is 0.850 bits per heavy atom. The Morgan fingerprint density at radius 3 is 1.40 bits per heavy atom. The Hall–Kier alpha value is -1.80. The number of amides is 4. The van der Waals surface area contributed by atoms with E-state index in [0.29, 0.717) is 6.42 Å². The maximum atomic E-state index is 11.5. The van der Waals surface area contributed by atoms with Crippen molar-refractivity contribution in [3.05, 3.63) is 0 Å². The minimum Gasteiger partial charge on any atom is -0.294 e. The van der Waals surface area contributed by atoms with Crippen LogP contribution in [0.15, 0.2) is 0 Å². The number of nitrogens with zero attached hydrogens (tertiary/aromatic N) is 2. The van der Waals surface area contributed by atoms with Gasteiger partial charge in [0.1, 0.15) is 0 Å². The fourth-order valence-electron chi connectivity index (χ4n) is 2.60. The van der Waals surface area contributed by atoms with Gasteiger partial charge in [-0.2, -0.15) is 0 Å². The zero-order valence-corrected chi connectivity index (χ0v) is 11.6. The average Bonchev–Trinajstić information content (AvgIpc) is 2.35. The van der Waals surface area contributed by atoms with E-state index in [0.717, 1.165) is 0 Å². The van der Waals surface area contributed by atoms with Gasteiger partial charge in [-0.1, -0.05) is 6.92 Å². The number of nitrogens with one attached hydrogen (secondary N) is 2. The average molecular weight is 282 g/mol. The van der Waals surface area contributed by atoms with Crippen molar-refractivity contribution in [1.82, 2.24) is 20.4 Å². The molecule has 2 N–H and O–H groups in total. The smallest absolute Gasteiger partial charge is 0.240 e. The second kappa shape index (κ2) is 5.29. The lowest BCUT2D eigenvalue weighted by molar-refractivity contribution is -0.151. The molecule has 0 aromatic heterocycles. The van der Waals surface area contributed by atoms with Crippen LogP contribution in [0.4, 0.5) is 0 Å². The minimum atomic E-state index is -0.694. The van der Waals surface area contributed by atoms with Crippen molar-refractivity contribution in [2.24, 2.45) is 0 Å². The van der Waals surface area contributed by atoms with Crippen LogP contribution in [0.5, 0.6) is 0 Å². The third-order valence-corrected chi connectivity index (χ3v) is 3.93. The van der Waals surface area contributed by atoms with E-state index >= 15 is 0 Å². The molecule has 2 aliphatic heterocycles. The van der Waals surface area contributed by atoms with E-state index in [9.17, 15) is 19.2 Å². The molecule has 0 bridgehead atoms. The standard InChI is InChI=1S/C12H18N4O4/c1-3-12(2,15-4-8(17)13-9(18)5-15)16-6-10(19)14-11(20)7-16/h3-7H2,1-2H3,(H,13,17,18)(H,14,19,20). The number of piperazine rings is 2. The topological polar surface area (TPSA) is 98.8 Å². The summed E-state index contributed by atoms with van der Waals surface area (Å²) in [6, 6.07) is 0. The maximum absolute atomic E-state index is 11.5. The van der Waals surface area contributed by atoms with Crippen molar-refractivity contribution < 1.29 is 19.2 Å². The van der Waals surface area contributed by atoms with Gasteiger partial charge < -0.3 is 0 Å². The first-order chi connectivity index (χ1) is 9.35. The second-order valence-corrected chi connectivity index (χ2v) is 5.23. The summed E-state index contributed by atoms with van der Waals surface area (Å²) in [5.74, 6) is -1.47. The number of hydrogen-bond acceptors (Lipinski definition) is 6. The van der Waals surface area contributed by atoms with Crippen LogP contribution in [-0.4, -0.2) is 65.3 Å². The molecule has 2 fully saturated rings. The van der Waals surface area contributed by atoms with E-state index < -0.39 is 5.66 Å². The van der Waals surface area contributed by atoms with Gasteiger partial charge in [0.05, 0.1) is 31.8 Å². The highest BCUT2D eigenvalue weighted by Crippen LogP contribution is 2.25. The van der Waals surface area contributed by atoms with E-state index in [1.807, 2.05) is 13.8 Å². The molecule has 0 unspecified atom stereocenters. The van der Waals surface area contributed by atoms with Crippen LogP contribution in [0.3, 0.4) is 0 Å². The summed E-state index contributed by atoms with van der Waals surface area (Å²) in [6.07, 6.45) is 0.577. The number of rotatable bonds is 3. The minimum absolute atomic E-state index is 0.0718. The Bertz CT molecular complexity index is 406. The molecule has 0 spiro atoms. The monoisotopic (exact) mass is 282 g/mol. The van der Waals surface area contributed by atoms with E-state index in [4.69, 9.17) is 0 Å². The van der Waals surface area contributed by atoms with Crippen LogP contribution in [0.25, 0.3) is 0 Å². The van der Waals surface area contributed by atoms with E-state index in [-0.39, 0.29) is 49.8 Å². The summed E-state index contributed by atoms with van der Waals surface area (Å²) in [5, 5.41) is 4.48. The largest absolute Gasteiger partial charge is 0.294 e. The first-order valence-electron chi connectivity index (χ1n) is 6.50. The normalized spacial score (nSPS) is 22.7. The van der Waals surface area contributed by atoms with Gasteiger partial charge in [-0.15, -0.1) is 0 Å². The third kappa shape index (κ3) is 2.70. The van der Waals surface area contributed by atoms with Crippen LogP contribution in [0.2, 0.25) is 0 Å². The Kier molecular flexibility index (Phi) is 3.87. The summed E-state index contributed by atoms with van der Waals surface area (Å²) in [5.41, 5.74) is -0.694. The Morgan fingerprint density at radius 2 is 1.15 bits per heavy atom. The van der Waals surface area contributed by atoms with Gasteiger partial charge in [0.25, 0.3) is 0 Å². The molecule has 8 nitrogen and oxygen atoms in total. The first kappa shape index (κ1) is 14.6. The van der Waals surface area contributed by atoms with Crippen LogP contribution < -0.4 is 10.6 Å². The quantitative estimate of drug-likeness (QED) is 0.583. The number of hydrogen-bond donors (Lipinski definition) is 2. The third-order valence-electron chi connectivity index (χ3n) is 3.93. The summed E-state index contributed by atoms with van der Waals surface area (Å²) >= 11 is 0. The lowest BCUT2D eigenvalue weighted by Crippen LogP contribution is -2.69. The highest BCUT2D eigenvalue weighted by molar-refractivity contribution is 6.00. The van der Waals surface area contributed by atoms with Crippen molar-refractivity contribution >= 4 is 23.6 Å². The van der Waals surface area contributed by atoms with E-state index in [1.165, 1.54) is 0 Å². The molecule has 110 valence electrons. The van der Waals surface area contributed by atoms with Crippen molar-refractivity contribution in [2.75, 3.05) is 26.2 Å². The number of imide groups is 2. The molecule has 2 aliphatic rings. The molecule has 0 aromatic carbocycles. The lowest BCUT2D eigenvalue weighted by atomic mass is 10.0. The Balaban J connectivity index is 2.23. The maximum Gasteiger partial charge on any atom is 0.240 e. The fourth-order valence-corrected chi connectivity index (χ4v) is 2.60. The zero-order chi connectivity index (χ0) is 14.9. The molecule has 8 heteroatoms. The molecule has 2 rings (SSSR count). The van der Waals surface area contributed by atoms with Crippen molar-refractivity contribution in [3.63, 3.8) is 0 Å². The molecule has 0 radical (unpaired) electrons. The van der Waals surface area contributed by atoms with Crippen LogP contribution >= 0.6 is 0 Å². The second-order valence-electron chi connectivity index (χ2n) is 5.23.